The number of nitrogens with zero attached hydrogens (tertiary/aromatic N) is 2. The summed E-state index contributed by atoms with van der Waals surface area (Å²) in [6.07, 6.45) is 1.72. The number of rotatable bonds is 7. The highest BCUT2D eigenvalue weighted by Gasteiger charge is 2.34. The number of carbonyl (C=O) groups is 1. The lowest BCUT2D eigenvalue weighted by molar-refractivity contribution is -0.146. The monoisotopic (exact) mass is 478 g/mol. The number of fused-ring (bicyclic) bond motifs is 1. The van der Waals surface area contributed by atoms with E-state index in [2.05, 4.69) is 16.8 Å². The molecule has 1 aromatic heterocycles. The lowest BCUT2D eigenvalue weighted by Gasteiger charge is -2.35. The minimum absolute atomic E-state index is 0.121. The lowest BCUT2D eigenvalue weighted by Crippen LogP contribution is -2.44. The fourth-order valence-corrected chi connectivity index (χ4v) is 4.71. The van der Waals surface area contributed by atoms with Crippen LogP contribution in [0.2, 0.25) is 0 Å². The lowest BCUT2D eigenvalue weighted by atomic mass is 9.81. The first kappa shape index (κ1) is 24.6. The molecule has 0 radical (unpaired) electrons. The Bertz CT molecular complexity index is 1250. The van der Waals surface area contributed by atoms with Gasteiger partial charge in [-0.25, -0.2) is 8.78 Å². The maximum Gasteiger partial charge on any atom is 0.308 e. The molecule has 1 aliphatic heterocycles. The number of ether oxygens (including phenoxy) is 1. The molecule has 3 aromatic rings. The molecule has 0 bridgehead atoms. The van der Waals surface area contributed by atoms with Crippen LogP contribution < -0.4 is 4.74 Å². The van der Waals surface area contributed by atoms with Crippen LogP contribution in [0.5, 0.6) is 5.75 Å². The first-order valence-electron chi connectivity index (χ1n) is 11.7. The van der Waals surface area contributed by atoms with Gasteiger partial charge in [0.15, 0.2) is 0 Å². The van der Waals surface area contributed by atoms with Gasteiger partial charge in [-0.3, -0.25) is 14.7 Å². The van der Waals surface area contributed by atoms with Crippen molar-refractivity contribution >= 4 is 16.9 Å². The summed E-state index contributed by atoms with van der Waals surface area (Å²) < 4.78 is 34.4. The van der Waals surface area contributed by atoms with Crippen LogP contribution in [-0.4, -0.2) is 47.7 Å². The van der Waals surface area contributed by atoms with Gasteiger partial charge in [0, 0.05) is 18.1 Å². The third kappa shape index (κ3) is 5.95. The van der Waals surface area contributed by atoms with Gasteiger partial charge in [-0.05, 0) is 73.7 Å². The summed E-state index contributed by atoms with van der Waals surface area (Å²) in [5, 5.41) is 10.5. The standard InChI is InChI=1S/C28H28F2N2O3/c1-35-21-9-11-27-23(17-21)22(12-14-31-27)26(30)10-8-19-13-16-32(18-24(19)28(33)34)15-4-6-20-5-2-3-7-25(20)29/h2-3,5,7,9,11-12,14,17,19,24,26H,8,10,13,15-16,18H2,1H3,(H,33,34)/t19-,24+,26?/m1/s1. The molecule has 1 N–H and O–H groups in total. The maximum absolute atomic E-state index is 15.3. The summed E-state index contributed by atoms with van der Waals surface area (Å²) in [4.78, 5) is 18.3. The minimum Gasteiger partial charge on any atom is -0.497 e. The Kier molecular flexibility index (Phi) is 7.94. The van der Waals surface area contributed by atoms with Crippen molar-refractivity contribution in [3.8, 4) is 17.6 Å². The number of pyridine rings is 1. The summed E-state index contributed by atoms with van der Waals surface area (Å²) in [5.74, 6) is 4.44. The number of benzene rings is 2. The number of hydrogen-bond donors (Lipinski definition) is 1. The van der Waals surface area contributed by atoms with Crippen molar-refractivity contribution in [3.05, 3.63) is 71.7 Å². The number of likely N-dealkylation sites (tertiary alicyclic amines) is 1. The molecular formula is C28H28F2N2O3. The zero-order valence-corrected chi connectivity index (χ0v) is 19.6. The molecule has 2 heterocycles. The Balaban J connectivity index is 1.38. The first-order chi connectivity index (χ1) is 17.0. The predicted molar refractivity (Wildman–Crippen MR) is 130 cm³/mol. The van der Waals surface area contributed by atoms with Gasteiger partial charge in [0.05, 0.1) is 30.7 Å². The fraction of sp³-hybridized carbons (Fsp3) is 0.357. The van der Waals surface area contributed by atoms with E-state index in [0.29, 0.717) is 60.3 Å². The summed E-state index contributed by atoms with van der Waals surface area (Å²) in [6.45, 7) is 1.38. The molecular weight excluding hydrogens is 450 g/mol. The average molecular weight is 479 g/mol. The van der Waals surface area contributed by atoms with Gasteiger partial charge in [-0.1, -0.05) is 24.0 Å². The highest BCUT2D eigenvalue weighted by molar-refractivity contribution is 5.83. The summed E-state index contributed by atoms with van der Waals surface area (Å²) in [7, 11) is 1.56. The second kappa shape index (κ2) is 11.3. The van der Waals surface area contributed by atoms with Crippen molar-refractivity contribution < 1.29 is 23.4 Å². The number of carboxylic acids is 1. The van der Waals surface area contributed by atoms with Crippen molar-refractivity contribution in [2.24, 2.45) is 11.8 Å². The third-order valence-corrected chi connectivity index (χ3v) is 6.67. The number of piperidine rings is 1. The first-order valence-corrected chi connectivity index (χ1v) is 11.7. The summed E-state index contributed by atoms with van der Waals surface area (Å²) in [6, 6.07) is 13.4. The van der Waals surface area contributed by atoms with Crippen molar-refractivity contribution in [1.82, 2.24) is 9.88 Å². The fourth-order valence-electron chi connectivity index (χ4n) is 4.71. The number of alkyl halides is 1. The van der Waals surface area contributed by atoms with E-state index in [1.165, 1.54) is 6.07 Å². The van der Waals surface area contributed by atoms with E-state index in [0.717, 1.165) is 0 Å². The van der Waals surface area contributed by atoms with Crippen LogP contribution in [0.3, 0.4) is 0 Å². The largest absolute Gasteiger partial charge is 0.497 e. The number of hydrogen-bond acceptors (Lipinski definition) is 4. The SMILES string of the molecule is COc1ccc2nccc(C(F)CC[C@@H]3CCN(CC#Cc4ccccc4F)C[C@@H]3C(=O)O)c2c1. The second-order valence-electron chi connectivity index (χ2n) is 8.84. The van der Waals surface area contributed by atoms with Gasteiger partial charge >= 0.3 is 5.97 Å². The van der Waals surface area contributed by atoms with Crippen molar-refractivity contribution in [3.63, 3.8) is 0 Å². The third-order valence-electron chi connectivity index (χ3n) is 6.67. The van der Waals surface area contributed by atoms with Crippen molar-refractivity contribution in [2.45, 2.75) is 25.4 Å². The van der Waals surface area contributed by atoms with Crippen LogP contribution >= 0.6 is 0 Å². The molecule has 4 rings (SSSR count). The van der Waals surface area contributed by atoms with E-state index in [1.54, 1.807) is 55.8 Å². The highest BCUT2D eigenvalue weighted by atomic mass is 19.1. The molecule has 0 saturated carbocycles. The Morgan fingerprint density at radius 2 is 2.11 bits per heavy atom. The molecule has 3 atom stereocenters. The van der Waals surface area contributed by atoms with E-state index < -0.39 is 18.1 Å². The van der Waals surface area contributed by atoms with Crippen LogP contribution in [0.1, 0.15) is 36.6 Å². The van der Waals surface area contributed by atoms with Crippen molar-refractivity contribution in [2.75, 3.05) is 26.7 Å². The molecule has 1 fully saturated rings. The van der Waals surface area contributed by atoms with Gasteiger partial charge in [0.25, 0.3) is 0 Å². The quantitative estimate of drug-likeness (QED) is 0.470. The predicted octanol–water partition coefficient (Wildman–Crippen LogP) is 5.25. The number of carboxylic acid groups (broad SMARTS) is 1. The van der Waals surface area contributed by atoms with Gasteiger partial charge in [0.1, 0.15) is 17.7 Å². The van der Waals surface area contributed by atoms with E-state index in [9.17, 15) is 14.3 Å². The number of halogens is 2. The zero-order chi connectivity index (χ0) is 24.8. The average Bonchev–Trinajstić information content (AvgIpc) is 2.88. The minimum atomic E-state index is -1.23. The molecule has 0 amide bonds. The molecule has 0 aliphatic carbocycles. The molecule has 1 aliphatic rings. The van der Waals surface area contributed by atoms with E-state index in [1.807, 2.05) is 4.90 Å². The number of methoxy groups -OCH3 is 1. The van der Waals surface area contributed by atoms with Gasteiger partial charge < -0.3 is 9.84 Å². The topological polar surface area (TPSA) is 62.7 Å². The Labute approximate surface area is 203 Å². The van der Waals surface area contributed by atoms with Crippen molar-refractivity contribution in [1.29, 1.82) is 0 Å². The van der Waals surface area contributed by atoms with Gasteiger partial charge in [-0.15, -0.1) is 0 Å². The normalized spacial score (nSPS) is 19.1. The molecule has 35 heavy (non-hydrogen) atoms. The smallest absolute Gasteiger partial charge is 0.308 e. The zero-order valence-electron chi connectivity index (χ0n) is 19.6. The molecule has 7 heteroatoms. The van der Waals surface area contributed by atoms with Crippen LogP contribution in [0.15, 0.2) is 54.7 Å². The molecule has 5 nitrogen and oxygen atoms in total. The Morgan fingerprint density at radius 1 is 1.29 bits per heavy atom. The van der Waals surface area contributed by atoms with E-state index in [-0.39, 0.29) is 18.2 Å². The Hall–Kier alpha value is -3.50. The molecule has 182 valence electrons. The number of aromatic nitrogens is 1. The molecule has 2 aromatic carbocycles. The van der Waals surface area contributed by atoms with Crippen LogP contribution in [0, 0.1) is 29.5 Å². The number of aliphatic carboxylic acids is 1. The molecule has 1 unspecified atom stereocenters. The molecule has 1 saturated heterocycles. The summed E-state index contributed by atoms with van der Waals surface area (Å²) in [5.41, 5.74) is 1.56. The second-order valence-corrected chi connectivity index (χ2v) is 8.84. The van der Waals surface area contributed by atoms with Crippen LogP contribution in [-0.2, 0) is 4.79 Å². The molecule has 0 spiro atoms. The highest BCUT2D eigenvalue weighted by Crippen LogP contribution is 2.35. The Morgan fingerprint density at radius 3 is 2.89 bits per heavy atom. The van der Waals surface area contributed by atoms with Gasteiger partial charge in [0.2, 0.25) is 0 Å². The van der Waals surface area contributed by atoms with E-state index in [4.69, 9.17) is 4.74 Å². The maximum atomic E-state index is 15.3. The van der Waals surface area contributed by atoms with E-state index >= 15 is 4.39 Å². The summed E-state index contributed by atoms with van der Waals surface area (Å²) >= 11 is 0. The van der Waals surface area contributed by atoms with Crippen LogP contribution in [0.25, 0.3) is 10.9 Å². The van der Waals surface area contributed by atoms with Gasteiger partial charge in [-0.2, -0.15) is 0 Å². The van der Waals surface area contributed by atoms with Crippen LogP contribution in [0.4, 0.5) is 8.78 Å².